The van der Waals surface area contributed by atoms with Crippen LogP contribution in [0.5, 0.6) is 0 Å². The summed E-state index contributed by atoms with van der Waals surface area (Å²) in [6.07, 6.45) is -1.94. The van der Waals surface area contributed by atoms with Crippen LogP contribution in [-0.2, 0) is 9.59 Å². The molecule has 3 N–H and O–H groups in total. The molecular weight excluding hydrogens is 562 g/mol. The quantitative estimate of drug-likeness (QED) is 0.356. The maximum Gasteiger partial charge on any atom is 0.323 e. The molecule has 4 rings (SSSR count). The summed E-state index contributed by atoms with van der Waals surface area (Å²) in [4.78, 5) is 54.5. The van der Waals surface area contributed by atoms with Gasteiger partial charge in [-0.15, -0.1) is 0 Å². The van der Waals surface area contributed by atoms with Crippen LogP contribution in [0.3, 0.4) is 0 Å². The van der Waals surface area contributed by atoms with Gasteiger partial charge in [0.2, 0.25) is 0 Å². The number of halogens is 3. The first-order valence-corrected chi connectivity index (χ1v) is 13.0. The average Bonchev–Trinajstić information content (AvgIpc) is 3.36. The lowest BCUT2D eigenvalue weighted by Crippen LogP contribution is -2.55. The number of anilines is 1. The monoisotopic (exact) mass is 586 g/mol. The number of nitrogens with one attached hydrogen (secondary N) is 2. The van der Waals surface area contributed by atoms with Crippen LogP contribution in [0.4, 0.5) is 14.9 Å². The number of carboxylic acid groups (broad SMARTS) is 1. The van der Waals surface area contributed by atoms with Crippen molar-refractivity contribution in [3.8, 4) is 0 Å². The Morgan fingerprint density at radius 2 is 1.60 bits per heavy atom. The second-order valence-electron chi connectivity index (χ2n) is 9.20. The fraction of sp³-hybridized carbons (Fsp3) is 0.214. The molecule has 4 amide bonds. The second-order valence-corrected chi connectivity index (χ2v) is 10.0. The van der Waals surface area contributed by atoms with E-state index in [2.05, 4.69) is 10.6 Å². The minimum absolute atomic E-state index is 0.0125. The van der Waals surface area contributed by atoms with E-state index >= 15 is 0 Å². The van der Waals surface area contributed by atoms with E-state index in [1.54, 1.807) is 12.1 Å². The highest BCUT2D eigenvalue weighted by atomic mass is 35.5. The van der Waals surface area contributed by atoms with Crippen molar-refractivity contribution in [1.29, 1.82) is 0 Å². The third kappa shape index (κ3) is 6.70. The first-order valence-electron chi connectivity index (χ1n) is 12.2. The van der Waals surface area contributed by atoms with Gasteiger partial charge in [-0.25, -0.2) is 9.18 Å². The highest BCUT2D eigenvalue weighted by Crippen LogP contribution is 2.27. The van der Waals surface area contributed by atoms with Gasteiger partial charge in [0, 0.05) is 24.3 Å². The van der Waals surface area contributed by atoms with Crippen LogP contribution in [0.1, 0.15) is 33.9 Å². The fourth-order valence-corrected chi connectivity index (χ4v) is 4.63. The van der Waals surface area contributed by atoms with E-state index in [0.717, 1.165) is 17.7 Å². The SMILES string of the molecule is Cc1ccc(NC(=O)N2CCN(C(=O)c3ccc(Cl)c(Cl)c3)C2C(=O)NC(CC(=O)O)c2ccc(F)cc2)cc1. The molecule has 0 spiro atoms. The van der Waals surface area contributed by atoms with Crippen molar-refractivity contribution in [2.24, 2.45) is 0 Å². The molecule has 0 radical (unpaired) electrons. The normalized spacial score (nSPS) is 15.4. The van der Waals surface area contributed by atoms with E-state index in [9.17, 15) is 28.7 Å². The molecule has 1 aliphatic rings. The van der Waals surface area contributed by atoms with E-state index in [1.807, 2.05) is 19.1 Å². The Kier molecular flexibility index (Phi) is 8.91. The van der Waals surface area contributed by atoms with Gasteiger partial charge in [-0.1, -0.05) is 53.0 Å². The van der Waals surface area contributed by atoms with Crippen LogP contribution in [0.2, 0.25) is 10.0 Å². The first kappa shape index (κ1) is 28.8. The number of rotatable bonds is 7. The van der Waals surface area contributed by atoms with E-state index in [1.165, 1.54) is 40.1 Å². The van der Waals surface area contributed by atoms with Gasteiger partial charge in [-0.05, 0) is 55.0 Å². The highest BCUT2D eigenvalue weighted by Gasteiger charge is 2.44. The topological polar surface area (TPSA) is 119 Å². The Balaban J connectivity index is 1.65. The molecule has 12 heteroatoms. The number of benzene rings is 3. The molecular formula is C28H25Cl2FN4O5. The smallest absolute Gasteiger partial charge is 0.323 e. The standard InChI is InChI=1S/C28H25Cl2FN4O5/c1-16-2-9-20(10-3-16)32-28(40)35-13-12-34(27(39)18-6-11-21(29)22(30)14-18)26(35)25(38)33-23(15-24(36)37)17-4-7-19(31)8-5-17/h2-11,14,23,26H,12-13,15H2,1H3,(H,32,40)(H,33,38)(H,36,37). The van der Waals surface area contributed by atoms with Crippen LogP contribution < -0.4 is 10.6 Å². The lowest BCUT2D eigenvalue weighted by molar-refractivity contribution is -0.138. The lowest BCUT2D eigenvalue weighted by Gasteiger charge is -2.31. The van der Waals surface area contributed by atoms with Gasteiger partial charge in [-0.3, -0.25) is 19.3 Å². The Bertz CT molecular complexity index is 1440. The fourth-order valence-electron chi connectivity index (χ4n) is 4.33. The summed E-state index contributed by atoms with van der Waals surface area (Å²) in [6.45, 7) is 1.93. The van der Waals surface area contributed by atoms with Crippen molar-refractivity contribution in [2.45, 2.75) is 25.6 Å². The number of carboxylic acids is 1. The predicted molar refractivity (Wildman–Crippen MR) is 148 cm³/mol. The molecule has 1 saturated heterocycles. The molecule has 208 valence electrons. The van der Waals surface area contributed by atoms with Gasteiger partial charge >= 0.3 is 12.0 Å². The third-order valence-corrected chi connectivity index (χ3v) is 7.10. The Morgan fingerprint density at radius 1 is 0.950 bits per heavy atom. The van der Waals surface area contributed by atoms with Crippen molar-refractivity contribution < 1.29 is 28.7 Å². The third-order valence-electron chi connectivity index (χ3n) is 6.37. The molecule has 2 unspecified atom stereocenters. The number of amides is 4. The summed E-state index contributed by atoms with van der Waals surface area (Å²) < 4.78 is 13.5. The Hall–Kier alpha value is -4.15. The molecule has 1 fully saturated rings. The molecule has 3 aromatic rings. The first-order chi connectivity index (χ1) is 19.0. The lowest BCUT2D eigenvalue weighted by atomic mass is 10.0. The minimum Gasteiger partial charge on any atom is -0.481 e. The number of nitrogens with zero attached hydrogens (tertiary/aromatic N) is 2. The van der Waals surface area contributed by atoms with Crippen LogP contribution in [-0.4, -0.2) is 58.0 Å². The number of carbonyl (C=O) groups is 4. The number of carbonyl (C=O) groups excluding carboxylic acids is 3. The molecule has 3 aromatic carbocycles. The van der Waals surface area contributed by atoms with Crippen LogP contribution in [0, 0.1) is 12.7 Å². The number of aliphatic carboxylic acids is 1. The summed E-state index contributed by atoms with van der Waals surface area (Å²) in [5.41, 5.74) is 1.96. The number of hydrogen-bond acceptors (Lipinski definition) is 4. The predicted octanol–water partition coefficient (Wildman–Crippen LogP) is 5.09. The maximum atomic E-state index is 13.7. The molecule has 1 heterocycles. The van der Waals surface area contributed by atoms with Gasteiger partial charge in [0.25, 0.3) is 11.8 Å². The summed E-state index contributed by atoms with van der Waals surface area (Å²) in [7, 11) is 0. The van der Waals surface area contributed by atoms with Crippen molar-refractivity contribution in [3.05, 3.63) is 99.3 Å². The molecule has 9 nitrogen and oxygen atoms in total. The van der Waals surface area contributed by atoms with Crippen molar-refractivity contribution in [1.82, 2.24) is 15.1 Å². The second kappa shape index (κ2) is 12.4. The summed E-state index contributed by atoms with van der Waals surface area (Å²) in [5.74, 6) is -3.11. The summed E-state index contributed by atoms with van der Waals surface area (Å²) >= 11 is 12.1. The van der Waals surface area contributed by atoms with Crippen molar-refractivity contribution >= 4 is 52.7 Å². The molecule has 0 aliphatic carbocycles. The minimum atomic E-state index is -1.43. The Labute approximate surface area is 239 Å². The molecule has 0 saturated carbocycles. The van der Waals surface area contributed by atoms with E-state index in [-0.39, 0.29) is 28.7 Å². The van der Waals surface area contributed by atoms with Crippen LogP contribution in [0.25, 0.3) is 0 Å². The van der Waals surface area contributed by atoms with Gasteiger partial charge in [0.1, 0.15) is 5.82 Å². The number of hydrogen-bond donors (Lipinski definition) is 3. The summed E-state index contributed by atoms with van der Waals surface area (Å²) in [5, 5.41) is 15.2. The van der Waals surface area contributed by atoms with Gasteiger partial charge in [0.05, 0.1) is 22.5 Å². The zero-order valence-electron chi connectivity index (χ0n) is 21.2. The zero-order chi connectivity index (χ0) is 29.0. The van der Waals surface area contributed by atoms with E-state index in [4.69, 9.17) is 23.2 Å². The molecule has 40 heavy (non-hydrogen) atoms. The Morgan fingerprint density at radius 3 is 2.23 bits per heavy atom. The molecule has 1 aliphatic heterocycles. The highest BCUT2D eigenvalue weighted by molar-refractivity contribution is 6.42. The average molecular weight is 587 g/mol. The number of aryl methyl sites for hydroxylation is 1. The van der Waals surface area contributed by atoms with E-state index < -0.39 is 48.3 Å². The molecule has 2 atom stereocenters. The maximum absolute atomic E-state index is 13.7. The van der Waals surface area contributed by atoms with Crippen molar-refractivity contribution in [3.63, 3.8) is 0 Å². The molecule has 0 bridgehead atoms. The van der Waals surface area contributed by atoms with Gasteiger partial charge in [0.15, 0.2) is 6.17 Å². The van der Waals surface area contributed by atoms with Gasteiger partial charge < -0.3 is 20.6 Å². The largest absolute Gasteiger partial charge is 0.481 e. The van der Waals surface area contributed by atoms with E-state index in [0.29, 0.717) is 11.3 Å². The molecule has 0 aromatic heterocycles. The summed E-state index contributed by atoms with van der Waals surface area (Å²) in [6, 6.07) is 14.6. The number of urea groups is 1. The zero-order valence-corrected chi connectivity index (χ0v) is 22.7. The van der Waals surface area contributed by atoms with Gasteiger partial charge in [-0.2, -0.15) is 0 Å². The van der Waals surface area contributed by atoms with Crippen molar-refractivity contribution in [2.75, 3.05) is 18.4 Å². The van der Waals surface area contributed by atoms with Crippen LogP contribution in [0.15, 0.2) is 66.7 Å². The van der Waals surface area contributed by atoms with Crippen LogP contribution >= 0.6 is 23.2 Å².